The van der Waals surface area contributed by atoms with Gasteiger partial charge >= 0.3 is 0 Å². The molecule has 0 aliphatic heterocycles. The number of nitrogens with zero attached hydrogens (tertiary/aromatic N) is 3. The zero-order chi connectivity index (χ0) is 12.7. The topological polar surface area (TPSA) is 42.7 Å². The first-order valence-electron chi connectivity index (χ1n) is 6.64. The van der Waals surface area contributed by atoms with Gasteiger partial charge in [0, 0.05) is 12.1 Å². The van der Waals surface area contributed by atoms with Crippen LogP contribution in [0.15, 0.2) is 6.33 Å². The third-order valence-corrected chi connectivity index (χ3v) is 2.60. The SMILES string of the molecule is CCCCCCn1cnc(CNC(C)(C)C)n1. The third-order valence-electron chi connectivity index (χ3n) is 2.60. The van der Waals surface area contributed by atoms with Crippen molar-refractivity contribution in [1.29, 1.82) is 0 Å². The van der Waals surface area contributed by atoms with Gasteiger partial charge in [-0.1, -0.05) is 26.2 Å². The molecular formula is C13H26N4. The maximum Gasteiger partial charge on any atom is 0.164 e. The minimum Gasteiger partial charge on any atom is -0.305 e. The average molecular weight is 238 g/mol. The lowest BCUT2D eigenvalue weighted by Crippen LogP contribution is -2.35. The molecule has 0 unspecified atom stereocenters. The van der Waals surface area contributed by atoms with Crippen molar-refractivity contribution < 1.29 is 0 Å². The number of aromatic nitrogens is 3. The van der Waals surface area contributed by atoms with Crippen LogP contribution in [-0.4, -0.2) is 20.3 Å². The standard InChI is InChI=1S/C13H26N4/c1-5-6-7-8-9-17-11-14-12(16-17)10-15-13(2,3)4/h11,15H,5-10H2,1-4H3. The molecule has 17 heavy (non-hydrogen) atoms. The van der Waals surface area contributed by atoms with Crippen LogP contribution in [0.1, 0.15) is 59.2 Å². The molecule has 0 bridgehead atoms. The third kappa shape index (κ3) is 6.41. The summed E-state index contributed by atoms with van der Waals surface area (Å²) in [6.07, 6.45) is 6.91. The molecule has 0 fully saturated rings. The van der Waals surface area contributed by atoms with Crippen LogP contribution in [0.25, 0.3) is 0 Å². The summed E-state index contributed by atoms with van der Waals surface area (Å²) in [5.41, 5.74) is 0.118. The molecule has 0 radical (unpaired) electrons. The van der Waals surface area contributed by atoms with Gasteiger partial charge in [0.2, 0.25) is 0 Å². The molecule has 0 saturated carbocycles. The Kier molecular flexibility index (Phi) is 5.62. The molecule has 1 rings (SSSR count). The minimum absolute atomic E-state index is 0.118. The van der Waals surface area contributed by atoms with Gasteiger partial charge in [0.25, 0.3) is 0 Å². The minimum atomic E-state index is 0.118. The molecule has 0 aliphatic carbocycles. The highest BCUT2D eigenvalue weighted by molar-refractivity contribution is 4.83. The number of aryl methyl sites for hydroxylation is 1. The summed E-state index contributed by atoms with van der Waals surface area (Å²) in [6.45, 7) is 10.4. The predicted molar refractivity (Wildman–Crippen MR) is 70.8 cm³/mol. The molecule has 0 amide bonds. The number of unbranched alkanes of at least 4 members (excludes halogenated alkanes) is 3. The Morgan fingerprint density at radius 2 is 2.00 bits per heavy atom. The van der Waals surface area contributed by atoms with E-state index in [0.717, 1.165) is 18.9 Å². The number of rotatable bonds is 7. The molecule has 0 atom stereocenters. The van der Waals surface area contributed by atoms with Crippen LogP contribution < -0.4 is 5.32 Å². The van der Waals surface area contributed by atoms with Crippen LogP contribution in [0.3, 0.4) is 0 Å². The lowest BCUT2D eigenvalue weighted by atomic mass is 10.1. The normalized spacial score (nSPS) is 12.0. The van der Waals surface area contributed by atoms with E-state index >= 15 is 0 Å². The quantitative estimate of drug-likeness (QED) is 0.743. The van der Waals surface area contributed by atoms with Gasteiger partial charge in [-0.3, -0.25) is 4.68 Å². The van der Waals surface area contributed by atoms with Crippen LogP contribution in [0.2, 0.25) is 0 Å². The molecule has 4 nitrogen and oxygen atoms in total. The van der Waals surface area contributed by atoms with Crippen LogP contribution in [0.5, 0.6) is 0 Å². The molecule has 0 spiro atoms. The fraction of sp³-hybridized carbons (Fsp3) is 0.846. The van der Waals surface area contributed by atoms with Crippen molar-refractivity contribution in [3.8, 4) is 0 Å². The molecule has 0 aromatic carbocycles. The van der Waals surface area contributed by atoms with Crippen molar-refractivity contribution in [2.24, 2.45) is 0 Å². The molecular weight excluding hydrogens is 212 g/mol. The lowest BCUT2D eigenvalue weighted by Gasteiger charge is -2.19. The first kappa shape index (κ1) is 14.2. The van der Waals surface area contributed by atoms with Gasteiger partial charge in [-0.05, 0) is 27.2 Å². The van der Waals surface area contributed by atoms with Gasteiger partial charge in [0.1, 0.15) is 6.33 Å². The Hall–Kier alpha value is -0.900. The molecule has 1 aromatic rings. The van der Waals surface area contributed by atoms with Crippen molar-refractivity contribution in [3.05, 3.63) is 12.2 Å². The van der Waals surface area contributed by atoms with E-state index in [2.05, 4.69) is 43.1 Å². The predicted octanol–water partition coefficient (Wildman–Crippen LogP) is 2.75. The highest BCUT2D eigenvalue weighted by Gasteiger charge is 2.10. The fourth-order valence-corrected chi connectivity index (χ4v) is 1.57. The maximum atomic E-state index is 4.45. The number of hydrogen-bond donors (Lipinski definition) is 1. The molecule has 1 N–H and O–H groups in total. The lowest BCUT2D eigenvalue weighted by molar-refractivity contribution is 0.416. The van der Waals surface area contributed by atoms with Crippen molar-refractivity contribution in [2.75, 3.05) is 0 Å². The average Bonchev–Trinajstić information content (AvgIpc) is 2.69. The van der Waals surface area contributed by atoms with Gasteiger partial charge in [-0.2, -0.15) is 5.10 Å². The van der Waals surface area contributed by atoms with Crippen LogP contribution >= 0.6 is 0 Å². The Balaban J connectivity index is 2.28. The summed E-state index contributed by atoms with van der Waals surface area (Å²) in [6, 6.07) is 0. The molecule has 1 aromatic heterocycles. The van der Waals surface area contributed by atoms with E-state index in [1.54, 1.807) is 0 Å². The smallest absolute Gasteiger partial charge is 0.164 e. The van der Waals surface area contributed by atoms with Gasteiger partial charge in [0.05, 0.1) is 6.54 Å². The van der Waals surface area contributed by atoms with Crippen molar-refractivity contribution in [3.63, 3.8) is 0 Å². The molecule has 98 valence electrons. The van der Waals surface area contributed by atoms with Crippen molar-refractivity contribution in [2.45, 2.75) is 72.0 Å². The molecule has 1 heterocycles. The van der Waals surface area contributed by atoms with E-state index in [-0.39, 0.29) is 5.54 Å². The monoisotopic (exact) mass is 238 g/mol. The second kappa shape index (κ2) is 6.74. The van der Waals surface area contributed by atoms with Gasteiger partial charge < -0.3 is 5.32 Å². The van der Waals surface area contributed by atoms with E-state index in [1.165, 1.54) is 25.7 Å². The number of nitrogens with one attached hydrogen (secondary N) is 1. The van der Waals surface area contributed by atoms with Crippen LogP contribution in [0.4, 0.5) is 0 Å². The Labute approximate surface area is 105 Å². The van der Waals surface area contributed by atoms with Crippen LogP contribution in [0, 0.1) is 0 Å². The highest BCUT2D eigenvalue weighted by atomic mass is 15.3. The summed E-state index contributed by atoms with van der Waals surface area (Å²) >= 11 is 0. The van der Waals surface area contributed by atoms with E-state index in [9.17, 15) is 0 Å². The maximum absolute atomic E-state index is 4.45. The Morgan fingerprint density at radius 1 is 1.24 bits per heavy atom. The fourth-order valence-electron chi connectivity index (χ4n) is 1.57. The molecule has 0 aliphatic rings. The van der Waals surface area contributed by atoms with E-state index in [0.29, 0.717) is 0 Å². The van der Waals surface area contributed by atoms with Gasteiger partial charge in [0.15, 0.2) is 5.82 Å². The summed E-state index contributed by atoms with van der Waals surface area (Å²) in [7, 11) is 0. The highest BCUT2D eigenvalue weighted by Crippen LogP contribution is 2.03. The van der Waals surface area contributed by atoms with Crippen molar-refractivity contribution in [1.82, 2.24) is 20.1 Å². The summed E-state index contributed by atoms with van der Waals surface area (Å²) in [5.74, 6) is 0.885. The van der Waals surface area contributed by atoms with Crippen molar-refractivity contribution >= 4 is 0 Å². The van der Waals surface area contributed by atoms with Gasteiger partial charge in [-0.25, -0.2) is 4.98 Å². The molecule has 0 saturated heterocycles. The first-order valence-corrected chi connectivity index (χ1v) is 6.64. The Bertz CT molecular complexity index is 311. The summed E-state index contributed by atoms with van der Waals surface area (Å²) in [5, 5.41) is 7.84. The summed E-state index contributed by atoms with van der Waals surface area (Å²) in [4.78, 5) is 4.31. The largest absolute Gasteiger partial charge is 0.305 e. The first-order chi connectivity index (χ1) is 8.01. The van der Waals surface area contributed by atoms with Crippen LogP contribution in [-0.2, 0) is 13.1 Å². The second-order valence-corrected chi connectivity index (χ2v) is 5.59. The zero-order valence-electron chi connectivity index (χ0n) is 11.7. The van der Waals surface area contributed by atoms with Gasteiger partial charge in [-0.15, -0.1) is 0 Å². The number of hydrogen-bond acceptors (Lipinski definition) is 3. The van der Waals surface area contributed by atoms with E-state index in [4.69, 9.17) is 0 Å². The zero-order valence-corrected chi connectivity index (χ0v) is 11.7. The Morgan fingerprint density at radius 3 is 2.65 bits per heavy atom. The molecule has 4 heteroatoms. The summed E-state index contributed by atoms with van der Waals surface area (Å²) < 4.78 is 1.95. The van der Waals surface area contributed by atoms with E-state index in [1.807, 2.05) is 11.0 Å². The second-order valence-electron chi connectivity index (χ2n) is 5.59. The van der Waals surface area contributed by atoms with E-state index < -0.39 is 0 Å².